The number of ketones is 2. The molecule has 162 valence electrons. The van der Waals surface area contributed by atoms with E-state index in [2.05, 4.69) is 45.9 Å². The molecule has 0 unspecified atom stereocenters. The largest absolute Gasteiger partial charge is 0.298 e. The Hall–Kier alpha value is -2.55. The summed E-state index contributed by atoms with van der Waals surface area (Å²) < 4.78 is 0. The molecule has 1 aliphatic rings. The van der Waals surface area contributed by atoms with E-state index in [1.165, 1.54) is 28.9 Å². The fourth-order valence-corrected chi connectivity index (χ4v) is 3.22. The third-order valence-corrected chi connectivity index (χ3v) is 5.11. The lowest BCUT2D eigenvalue weighted by Crippen LogP contribution is -2.12. The Bertz CT molecular complexity index is 822. The molecule has 0 radical (unpaired) electrons. The van der Waals surface area contributed by atoms with Crippen molar-refractivity contribution in [3.05, 3.63) is 69.9 Å². The van der Waals surface area contributed by atoms with Gasteiger partial charge in [0.15, 0.2) is 11.6 Å². The van der Waals surface area contributed by atoms with E-state index in [0.717, 1.165) is 50.4 Å². The standard InChI is InChI=1S/C27H36O3/c1-20(2)9-6-13-24(19-28)14-8-12-21(3)10-7-11-22(4)15-16-25-18-26(29)17-23(5)27(25)30/h9-10,14-15,17-19H,6-8,11-13,16H2,1-5H3/b21-10+,22-15+,24-14+. The van der Waals surface area contributed by atoms with Crippen molar-refractivity contribution in [2.24, 2.45) is 0 Å². The molecular formula is C27H36O3. The number of hydrogen-bond acceptors (Lipinski definition) is 3. The summed E-state index contributed by atoms with van der Waals surface area (Å²) >= 11 is 0. The number of carbonyl (C=O) groups is 3. The zero-order valence-corrected chi connectivity index (χ0v) is 19.2. The Labute approximate surface area is 182 Å². The lowest BCUT2D eigenvalue weighted by molar-refractivity contribution is -0.115. The number of carbonyl (C=O) groups excluding carboxylic acids is 3. The highest BCUT2D eigenvalue weighted by molar-refractivity contribution is 6.20. The average molecular weight is 409 g/mol. The van der Waals surface area contributed by atoms with E-state index in [0.29, 0.717) is 17.6 Å². The molecule has 0 heterocycles. The van der Waals surface area contributed by atoms with Crippen molar-refractivity contribution in [3.63, 3.8) is 0 Å². The minimum Gasteiger partial charge on any atom is -0.298 e. The van der Waals surface area contributed by atoms with Gasteiger partial charge >= 0.3 is 0 Å². The molecular weight excluding hydrogens is 372 g/mol. The molecule has 1 aliphatic carbocycles. The zero-order chi connectivity index (χ0) is 22.5. The molecule has 0 aromatic carbocycles. The Kier molecular flexibility index (Phi) is 11.6. The van der Waals surface area contributed by atoms with Crippen LogP contribution in [0.4, 0.5) is 0 Å². The predicted molar refractivity (Wildman–Crippen MR) is 125 cm³/mol. The highest BCUT2D eigenvalue weighted by atomic mass is 16.1. The summed E-state index contributed by atoms with van der Waals surface area (Å²) in [5.74, 6) is -0.131. The van der Waals surface area contributed by atoms with Crippen LogP contribution in [0, 0.1) is 0 Å². The molecule has 0 saturated heterocycles. The lowest BCUT2D eigenvalue weighted by atomic mass is 9.94. The van der Waals surface area contributed by atoms with E-state index in [4.69, 9.17) is 0 Å². The van der Waals surface area contributed by atoms with Gasteiger partial charge < -0.3 is 0 Å². The van der Waals surface area contributed by atoms with Gasteiger partial charge in [0.2, 0.25) is 0 Å². The van der Waals surface area contributed by atoms with Gasteiger partial charge in [-0.05, 0) is 97.3 Å². The molecule has 0 aliphatic heterocycles. The van der Waals surface area contributed by atoms with Gasteiger partial charge in [0.25, 0.3) is 0 Å². The molecule has 0 aromatic heterocycles. The second kappa shape index (κ2) is 13.6. The highest BCUT2D eigenvalue weighted by Gasteiger charge is 2.17. The van der Waals surface area contributed by atoms with Crippen molar-refractivity contribution in [3.8, 4) is 0 Å². The van der Waals surface area contributed by atoms with E-state index in [9.17, 15) is 14.4 Å². The molecule has 1 rings (SSSR count). The zero-order valence-electron chi connectivity index (χ0n) is 19.2. The SMILES string of the molecule is CC(C)=CCC/C(C=O)=C\CC/C(C)=C/CC/C(C)=C/CC1=CC(=O)C=C(C)C1=O. The first-order chi connectivity index (χ1) is 14.2. The lowest BCUT2D eigenvalue weighted by Gasteiger charge is -2.09. The summed E-state index contributed by atoms with van der Waals surface area (Å²) in [6, 6.07) is 0. The van der Waals surface area contributed by atoms with Crippen LogP contribution in [0.25, 0.3) is 0 Å². The van der Waals surface area contributed by atoms with Gasteiger partial charge in [-0.1, -0.05) is 41.0 Å². The van der Waals surface area contributed by atoms with E-state index in [1.54, 1.807) is 6.92 Å². The van der Waals surface area contributed by atoms with E-state index in [-0.39, 0.29) is 11.6 Å². The summed E-state index contributed by atoms with van der Waals surface area (Å²) in [5.41, 5.74) is 5.80. The summed E-state index contributed by atoms with van der Waals surface area (Å²) in [4.78, 5) is 34.9. The van der Waals surface area contributed by atoms with Gasteiger partial charge in [0.05, 0.1) is 0 Å². The van der Waals surface area contributed by atoms with Crippen LogP contribution in [-0.4, -0.2) is 17.9 Å². The predicted octanol–water partition coefficient (Wildman–Crippen LogP) is 6.73. The Morgan fingerprint density at radius 3 is 2.03 bits per heavy atom. The Morgan fingerprint density at radius 2 is 1.40 bits per heavy atom. The van der Waals surface area contributed by atoms with Gasteiger partial charge in [-0.15, -0.1) is 0 Å². The van der Waals surface area contributed by atoms with Crippen LogP contribution in [0.1, 0.15) is 79.6 Å². The Balaban J connectivity index is 2.41. The van der Waals surface area contributed by atoms with Crippen molar-refractivity contribution in [1.82, 2.24) is 0 Å². The first-order valence-corrected chi connectivity index (χ1v) is 10.8. The fraction of sp³-hybridized carbons (Fsp3) is 0.444. The van der Waals surface area contributed by atoms with Crippen LogP contribution < -0.4 is 0 Å². The topological polar surface area (TPSA) is 51.2 Å². The normalized spacial score (nSPS) is 15.7. The molecule has 0 fully saturated rings. The summed E-state index contributed by atoms with van der Waals surface area (Å²) in [5, 5.41) is 0. The monoisotopic (exact) mass is 408 g/mol. The molecule has 0 aromatic rings. The number of aldehydes is 1. The smallest absolute Gasteiger partial charge is 0.185 e. The van der Waals surface area contributed by atoms with Gasteiger partial charge in [0.1, 0.15) is 6.29 Å². The molecule has 0 atom stereocenters. The second-order valence-electron chi connectivity index (χ2n) is 8.33. The minimum absolute atomic E-state index is 0.0296. The van der Waals surface area contributed by atoms with Crippen molar-refractivity contribution < 1.29 is 14.4 Å². The third kappa shape index (κ3) is 10.3. The minimum atomic E-state index is -0.101. The molecule has 0 bridgehead atoms. The van der Waals surface area contributed by atoms with Gasteiger partial charge in [0, 0.05) is 11.1 Å². The van der Waals surface area contributed by atoms with Crippen molar-refractivity contribution in [2.75, 3.05) is 0 Å². The van der Waals surface area contributed by atoms with Crippen LogP contribution in [0.3, 0.4) is 0 Å². The molecule has 0 saturated carbocycles. The van der Waals surface area contributed by atoms with E-state index < -0.39 is 0 Å². The van der Waals surface area contributed by atoms with E-state index >= 15 is 0 Å². The molecule has 3 nitrogen and oxygen atoms in total. The molecule has 0 N–H and O–H groups in total. The molecule has 0 amide bonds. The van der Waals surface area contributed by atoms with Crippen molar-refractivity contribution in [1.29, 1.82) is 0 Å². The maximum Gasteiger partial charge on any atom is 0.185 e. The summed E-state index contributed by atoms with van der Waals surface area (Å²) in [6.07, 6.45) is 18.3. The van der Waals surface area contributed by atoms with Crippen LogP contribution >= 0.6 is 0 Å². The van der Waals surface area contributed by atoms with Crippen LogP contribution in [0.5, 0.6) is 0 Å². The highest BCUT2D eigenvalue weighted by Crippen LogP contribution is 2.18. The van der Waals surface area contributed by atoms with Crippen molar-refractivity contribution >= 4 is 17.9 Å². The maximum atomic E-state index is 12.1. The first kappa shape index (κ1) is 25.5. The summed E-state index contributed by atoms with van der Waals surface area (Å²) in [6.45, 7) is 10.0. The number of allylic oxidation sites excluding steroid dienone is 12. The van der Waals surface area contributed by atoms with Crippen LogP contribution in [0.2, 0.25) is 0 Å². The number of hydrogen-bond donors (Lipinski definition) is 0. The number of Topliss-reactive ketones (excluding diaryl/α,β-unsaturated/α-hetero) is 1. The number of rotatable bonds is 12. The molecule has 30 heavy (non-hydrogen) atoms. The fourth-order valence-electron chi connectivity index (χ4n) is 3.22. The van der Waals surface area contributed by atoms with Gasteiger partial charge in [-0.3, -0.25) is 14.4 Å². The summed E-state index contributed by atoms with van der Waals surface area (Å²) in [7, 11) is 0. The quantitative estimate of drug-likeness (QED) is 0.156. The van der Waals surface area contributed by atoms with Crippen LogP contribution in [-0.2, 0) is 14.4 Å². The first-order valence-electron chi connectivity index (χ1n) is 10.8. The molecule has 0 spiro atoms. The van der Waals surface area contributed by atoms with E-state index in [1.807, 2.05) is 6.08 Å². The van der Waals surface area contributed by atoms with Gasteiger partial charge in [-0.25, -0.2) is 0 Å². The van der Waals surface area contributed by atoms with Gasteiger partial charge in [-0.2, -0.15) is 0 Å². The van der Waals surface area contributed by atoms with Crippen LogP contribution in [0.15, 0.2) is 69.9 Å². The van der Waals surface area contributed by atoms with Crippen molar-refractivity contribution in [2.45, 2.75) is 79.6 Å². The second-order valence-corrected chi connectivity index (χ2v) is 8.33. The Morgan fingerprint density at radius 1 is 0.800 bits per heavy atom. The molecule has 3 heteroatoms. The average Bonchev–Trinajstić information content (AvgIpc) is 2.68. The maximum absolute atomic E-state index is 12.1. The third-order valence-electron chi connectivity index (χ3n) is 5.11.